The summed E-state index contributed by atoms with van der Waals surface area (Å²) in [5.74, 6) is -0.728. The van der Waals surface area contributed by atoms with E-state index in [4.69, 9.17) is 9.26 Å². The van der Waals surface area contributed by atoms with E-state index in [1.165, 1.54) is 31.3 Å². The van der Waals surface area contributed by atoms with Gasteiger partial charge in [0, 0.05) is 12.6 Å². The lowest BCUT2D eigenvalue weighted by Gasteiger charge is -2.16. The first-order chi connectivity index (χ1) is 12.1. The van der Waals surface area contributed by atoms with Crippen molar-refractivity contribution in [3.8, 4) is 0 Å². The summed E-state index contributed by atoms with van der Waals surface area (Å²) in [7, 11) is -1.96. The van der Waals surface area contributed by atoms with Crippen LogP contribution in [0.3, 0.4) is 0 Å². The number of benzene rings is 1. The lowest BCUT2D eigenvalue weighted by molar-refractivity contribution is 0.0472. The molecule has 0 amide bonds. The molecule has 2 rings (SSSR count). The monoisotopic (exact) mass is 380 g/mol. The van der Waals surface area contributed by atoms with E-state index >= 15 is 0 Å². The number of aryl methyl sites for hydroxylation is 2. The van der Waals surface area contributed by atoms with Gasteiger partial charge in [0.2, 0.25) is 10.0 Å². The van der Waals surface area contributed by atoms with E-state index in [1.807, 2.05) is 6.92 Å². The van der Waals surface area contributed by atoms with Gasteiger partial charge in [-0.3, -0.25) is 9.10 Å². The lowest BCUT2D eigenvalue weighted by atomic mass is 10.1. The molecule has 9 heteroatoms. The van der Waals surface area contributed by atoms with Crippen molar-refractivity contribution in [2.45, 2.75) is 20.3 Å². The third kappa shape index (κ3) is 4.29. The van der Waals surface area contributed by atoms with Gasteiger partial charge in [-0.15, -0.1) is 0 Å². The molecule has 0 radical (unpaired) electrons. The van der Waals surface area contributed by atoms with Gasteiger partial charge in [-0.25, -0.2) is 13.2 Å². The van der Waals surface area contributed by atoms with Gasteiger partial charge < -0.3 is 9.26 Å². The number of hydrogen-bond acceptors (Lipinski definition) is 7. The molecule has 0 fully saturated rings. The molecule has 0 aliphatic heterocycles. The van der Waals surface area contributed by atoms with E-state index in [1.54, 1.807) is 6.92 Å². The highest BCUT2D eigenvalue weighted by Gasteiger charge is 2.21. The highest BCUT2D eigenvalue weighted by molar-refractivity contribution is 7.92. The van der Waals surface area contributed by atoms with Crippen LogP contribution in [-0.4, -0.2) is 45.2 Å². The molecule has 0 spiro atoms. The molecule has 0 bridgehead atoms. The summed E-state index contributed by atoms with van der Waals surface area (Å²) in [5, 5.41) is 3.77. The number of hydrogen-bond donors (Lipinski definition) is 0. The summed E-state index contributed by atoms with van der Waals surface area (Å²) in [6.45, 7) is 2.99. The summed E-state index contributed by atoms with van der Waals surface area (Å²) in [5.41, 5.74) is 1.45. The number of sulfonamides is 1. The number of ether oxygens (including phenoxy) is 1. The Morgan fingerprint density at radius 1 is 1.23 bits per heavy atom. The molecule has 0 aliphatic carbocycles. The Bertz CT molecular complexity index is 915. The lowest BCUT2D eigenvalue weighted by Crippen LogP contribution is -2.24. The Kier molecular flexibility index (Phi) is 5.81. The Balaban J connectivity index is 2.04. The van der Waals surface area contributed by atoms with E-state index in [-0.39, 0.29) is 5.56 Å². The molecule has 0 N–H and O–H groups in total. The van der Waals surface area contributed by atoms with Gasteiger partial charge in [0.1, 0.15) is 11.3 Å². The quantitative estimate of drug-likeness (QED) is 0.534. The Morgan fingerprint density at radius 3 is 2.38 bits per heavy atom. The zero-order chi connectivity index (χ0) is 19.5. The standard InChI is InChI=1S/C17H20N2O6S/c1-5-14-16(11(2)25-18-14)17(21)24-10-15(20)12-6-8-13(9-7-12)19(3)26(4,22)23/h6-9H,5,10H2,1-4H3. The smallest absolute Gasteiger partial charge is 0.344 e. The maximum absolute atomic E-state index is 12.2. The van der Waals surface area contributed by atoms with Gasteiger partial charge in [0.15, 0.2) is 12.4 Å². The van der Waals surface area contributed by atoms with Crippen molar-refractivity contribution in [1.82, 2.24) is 5.16 Å². The van der Waals surface area contributed by atoms with Crippen LogP contribution < -0.4 is 4.31 Å². The minimum atomic E-state index is -3.38. The predicted octanol–water partition coefficient (Wildman–Crippen LogP) is 1.98. The Hall–Kier alpha value is -2.68. The average Bonchev–Trinajstić information content (AvgIpc) is 2.98. The first-order valence-electron chi connectivity index (χ1n) is 7.84. The molecule has 140 valence electrons. The minimum Gasteiger partial charge on any atom is -0.454 e. The van der Waals surface area contributed by atoms with Crippen LogP contribution in [0.1, 0.15) is 39.1 Å². The van der Waals surface area contributed by atoms with Gasteiger partial charge >= 0.3 is 5.97 Å². The second kappa shape index (κ2) is 7.69. The van der Waals surface area contributed by atoms with Crippen molar-refractivity contribution in [3.63, 3.8) is 0 Å². The fraction of sp³-hybridized carbons (Fsp3) is 0.353. The van der Waals surface area contributed by atoms with Gasteiger partial charge in [0.25, 0.3) is 0 Å². The molecule has 0 saturated heterocycles. The molecule has 0 unspecified atom stereocenters. The second-order valence-electron chi connectivity index (χ2n) is 5.69. The van der Waals surface area contributed by atoms with Gasteiger partial charge in [-0.1, -0.05) is 12.1 Å². The van der Waals surface area contributed by atoms with E-state index < -0.39 is 28.4 Å². The first-order valence-corrected chi connectivity index (χ1v) is 9.69. The van der Waals surface area contributed by atoms with E-state index in [0.717, 1.165) is 10.6 Å². The van der Waals surface area contributed by atoms with E-state index in [2.05, 4.69) is 5.16 Å². The molecular weight excluding hydrogens is 360 g/mol. The molecular formula is C17H20N2O6S. The number of anilines is 1. The largest absolute Gasteiger partial charge is 0.454 e. The maximum atomic E-state index is 12.2. The Morgan fingerprint density at radius 2 is 1.85 bits per heavy atom. The molecule has 0 aliphatic rings. The van der Waals surface area contributed by atoms with Crippen molar-refractivity contribution in [2.24, 2.45) is 0 Å². The van der Waals surface area contributed by atoms with Crippen LogP contribution in [0.4, 0.5) is 5.69 Å². The van der Waals surface area contributed by atoms with Crippen LogP contribution in [0.5, 0.6) is 0 Å². The second-order valence-corrected chi connectivity index (χ2v) is 7.70. The number of esters is 1. The number of rotatable bonds is 7. The molecule has 26 heavy (non-hydrogen) atoms. The first kappa shape index (κ1) is 19.6. The molecule has 1 aromatic carbocycles. The third-order valence-corrected chi connectivity index (χ3v) is 5.06. The zero-order valence-electron chi connectivity index (χ0n) is 15.0. The highest BCUT2D eigenvalue weighted by atomic mass is 32.2. The fourth-order valence-corrected chi connectivity index (χ4v) is 2.76. The number of carbonyl (C=O) groups is 2. The third-order valence-electron chi connectivity index (χ3n) is 3.86. The molecule has 2 aromatic rings. The van der Waals surface area contributed by atoms with Crippen molar-refractivity contribution in [1.29, 1.82) is 0 Å². The van der Waals surface area contributed by atoms with E-state index in [9.17, 15) is 18.0 Å². The normalized spacial score (nSPS) is 11.2. The maximum Gasteiger partial charge on any atom is 0.344 e. The summed E-state index contributed by atoms with van der Waals surface area (Å²) in [6.07, 6.45) is 1.59. The number of nitrogens with zero attached hydrogens (tertiary/aromatic N) is 2. The highest BCUT2D eigenvalue weighted by Crippen LogP contribution is 2.18. The summed E-state index contributed by atoms with van der Waals surface area (Å²) < 4.78 is 34.2. The SMILES string of the molecule is CCc1noc(C)c1C(=O)OCC(=O)c1ccc(N(C)S(C)(=O)=O)cc1. The topological polar surface area (TPSA) is 107 Å². The van der Waals surface area contributed by atoms with Crippen LogP contribution in [0.25, 0.3) is 0 Å². The van der Waals surface area contributed by atoms with Crippen LogP contribution in [0.15, 0.2) is 28.8 Å². The number of aromatic nitrogens is 1. The molecule has 0 saturated carbocycles. The summed E-state index contributed by atoms with van der Waals surface area (Å²) in [4.78, 5) is 24.3. The zero-order valence-corrected chi connectivity index (χ0v) is 15.8. The van der Waals surface area contributed by atoms with Crippen LogP contribution in [0.2, 0.25) is 0 Å². The van der Waals surface area contributed by atoms with Crippen molar-refractivity contribution < 1.29 is 27.3 Å². The molecule has 0 atom stereocenters. The van der Waals surface area contributed by atoms with Crippen molar-refractivity contribution >= 4 is 27.5 Å². The number of ketones is 1. The molecule has 1 heterocycles. The van der Waals surface area contributed by atoms with Gasteiger partial charge in [-0.05, 0) is 37.6 Å². The average molecular weight is 380 g/mol. The number of Topliss-reactive ketones (excluding diaryl/α,β-unsaturated/α-hetero) is 1. The van der Waals surface area contributed by atoms with Gasteiger partial charge in [-0.2, -0.15) is 0 Å². The van der Waals surface area contributed by atoms with Crippen molar-refractivity contribution in [3.05, 3.63) is 46.8 Å². The predicted molar refractivity (Wildman–Crippen MR) is 94.9 cm³/mol. The van der Waals surface area contributed by atoms with E-state index in [0.29, 0.717) is 29.1 Å². The van der Waals surface area contributed by atoms with Crippen LogP contribution in [-0.2, 0) is 21.2 Å². The minimum absolute atomic E-state index is 0.241. The molecule has 1 aromatic heterocycles. The fourth-order valence-electron chi connectivity index (χ4n) is 2.26. The van der Waals surface area contributed by atoms with Crippen LogP contribution in [0, 0.1) is 6.92 Å². The Labute approximate surface area is 151 Å². The molecule has 8 nitrogen and oxygen atoms in total. The van der Waals surface area contributed by atoms with Gasteiger partial charge in [0.05, 0.1) is 17.6 Å². The van der Waals surface area contributed by atoms with Crippen LogP contribution >= 0.6 is 0 Å². The van der Waals surface area contributed by atoms with Crippen molar-refractivity contribution in [2.75, 3.05) is 24.2 Å². The number of carbonyl (C=O) groups excluding carboxylic acids is 2. The summed E-state index contributed by atoms with van der Waals surface area (Å²) in [6, 6.07) is 5.98. The summed E-state index contributed by atoms with van der Waals surface area (Å²) >= 11 is 0.